The number of pyridine rings is 1. The van der Waals surface area contributed by atoms with Gasteiger partial charge in [0.15, 0.2) is 0 Å². The van der Waals surface area contributed by atoms with E-state index in [-0.39, 0.29) is 35.9 Å². The topological polar surface area (TPSA) is 166 Å². The lowest BCUT2D eigenvalue weighted by molar-refractivity contribution is -0.141. The maximum Gasteiger partial charge on any atom is 0.698 e. The van der Waals surface area contributed by atoms with Crippen molar-refractivity contribution in [3.8, 4) is 5.75 Å². The van der Waals surface area contributed by atoms with E-state index in [9.17, 15) is 18.9 Å². The number of carbonyl (C=O) groups excluding carboxylic acids is 3. The van der Waals surface area contributed by atoms with Gasteiger partial charge >= 0.3 is 8.25 Å². The van der Waals surface area contributed by atoms with Crippen molar-refractivity contribution in [1.29, 1.82) is 0 Å². The maximum atomic E-state index is 13.6. The first kappa shape index (κ1) is 25.8. The molecule has 1 unspecified atom stereocenters. The summed E-state index contributed by atoms with van der Waals surface area (Å²) in [5.74, 6) is -0.361. The number of anilines is 1. The molecule has 13 heteroatoms. The molecule has 3 heterocycles. The van der Waals surface area contributed by atoms with E-state index in [1.165, 1.54) is 6.20 Å². The van der Waals surface area contributed by atoms with Gasteiger partial charge in [-0.15, -0.1) is 4.89 Å². The molecule has 2 aromatic heterocycles. The van der Waals surface area contributed by atoms with Crippen molar-refractivity contribution in [1.82, 2.24) is 14.5 Å². The fraction of sp³-hybridized carbons (Fsp3) is 0.360. The zero-order valence-electron chi connectivity index (χ0n) is 20.6. The SMILES string of the molecule is Cc1cccc(NC(=O)[C@@H]2[C@H]3CC[C@H](C3)N2C(=O)Cn2cc(C(N)=O)c3cc(OCO[P+](=O)O)ccc32)n1. The Morgan fingerprint density at radius 3 is 2.79 bits per heavy atom. The van der Waals surface area contributed by atoms with Gasteiger partial charge in [0.05, 0.1) is 5.56 Å². The van der Waals surface area contributed by atoms with Crippen molar-refractivity contribution in [2.24, 2.45) is 11.7 Å². The number of piperidine rings is 1. The third-order valence-corrected chi connectivity index (χ3v) is 7.42. The van der Waals surface area contributed by atoms with Crippen molar-refractivity contribution in [2.45, 2.75) is 44.8 Å². The summed E-state index contributed by atoms with van der Waals surface area (Å²) in [6.45, 7) is 1.29. The first-order valence-corrected chi connectivity index (χ1v) is 13.2. The van der Waals surface area contributed by atoms with Gasteiger partial charge in [-0.25, -0.2) is 4.98 Å². The van der Waals surface area contributed by atoms with Crippen LogP contribution in [0.15, 0.2) is 42.6 Å². The van der Waals surface area contributed by atoms with Gasteiger partial charge in [0.1, 0.15) is 24.2 Å². The molecule has 198 valence electrons. The number of hydrogen-bond acceptors (Lipinski definition) is 7. The number of hydrogen-bond donors (Lipinski definition) is 3. The zero-order chi connectivity index (χ0) is 27.0. The van der Waals surface area contributed by atoms with E-state index in [2.05, 4.69) is 14.8 Å². The molecule has 2 bridgehead atoms. The van der Waals surface area contributed by atoms with Gasteiger partial charge in [0.25, 0.3) is 5.91 Å². The summed E-state index contributed by atoms with van der Waals surface area (Å²) in [6.07, 6.45) is 4.00. The third-order valence-electron chi connectivity index (χ3n) is 7.09. The summed E-state index contributed by atoms with van der Waals surface area (Å²) in [6, 6.07) is 9.54. The standard InChI is InChI=1S/C25H26N5O7P/c1-14-3-2-4-21(27-14)28-25(33)23-15-5-6-16(9-15)30(23)22(31)12-29-11-19(24(26)32)18-10-17(7-8-20(18)29)36-13-37-38(34)35/h2-4,7-8,10-11,15-16,23H,5-6,9,12-13H2,1H3,(H3-,26,27,28,32,33,34,35)/p+1/t15-,16+,23-/m0/s1. The first-order chi connectivity index (χ1) is 18.2. The van der Waals surface area contributed by atoms with E-state index >= 15 is 0 Å². The van der Waals surface area contributed by atoms with Crippen LogP contribution < -0.4 is 15.8 Å². The smallest absolute Gasteiger partial charge is 0.463 e. The fourth-order valence-electron chi connectivity index (χ4n) is 5.56. The van der Waals surface area contributed by atoms with Crippen molar-refractivity contribution < 1.29 is 33.1 Å². The number of carbonyl (C=O) groups is 3. The molecule has 1 aliphatic carbocycles. The minimum absolute atomic E-state index is 0.0239. The summed E-state index contributed by atoms with van der Waals surface area (Å²) in [5.41, 5.74) is 7.13. The number of aryl methyl sites for hydroxylation is 1. The maximum absolute atomic E-state index is 13.6. The predicted molar refractivity (Wildman–Crippen MR) is 136 cm³/mol. The molecule has 3 aromatic rings. The van der Waals surface area contributed by atoms with Crippen LogP contribution in [0.4, 0.5) is 5.82 Å². The van der Waals surface area contributed by atoms with Crippen LogP contribution in [0.1, 0.15) is 35.3 Å². The number of aromatic nitrogens is 2. The molecule has 3 amide bonds. The van der Waals surface area contributed by atoms with Crippen molar-refractivity contribution >= 4 is 42.7 Å². The Balaban J connectivity index is 1.37. The number of ether oxygens (including phenoxy) is 1. The average molecular weight is 540 g/mol. The highest BCUT2D eigenvalue weighted by molar-refractivity contribution is 7.32. The predicted octanol–water partition coefficient (Wildman–Crippen LogP) is 2.46. The number of nitrogens with two attached hydrogens (primary N) is 1. The summed E-state index contributed by atoms with van der Waals surface area (Å²) in [7, 11) is -2.81. The van der Waals surface area contributed by atoms with Gasteiger partial charge in [0.2, 0.25) is 18.6 Å². The second-order valence-corrected chi connectivity index (χ2v) is 10.2. The molecule has 4 N–H and O–H groups in total. The summed E-state index contributed by atoms with van der Waals surface area (Å²) >= 11 is 0. The molecule has 4 atom stereocenters. The Morgan fingerprint density at radius 2 is 2.05 bits per heavy atom. The second-order valence-electron chi connectivity index (χ2n) is 9.47. The van der Waals surface area contributed by atoms with Gasteiger partial charge in [0, 0.05) is 33.4 Å². The largest absolute Gasteiger partial charge is 0.698 e. The van der Waals surface area contributed by atoms with E-state index in [0.29, 0.717) is 22.5 Å². The highest BCUT2D eigenvalue weighted by Gasteiger charge is 2.51. The quantitative estimate of drug-likeness (QED) is 0.275. The van der Waals surface area contributed by atoms with Crippen LogP contribution in [0.5, 0.6) is 5.75 Å². The fourth-order valence-corrected chi connectivity index (χ4v) is 5.70. The lowest BCUT2D eigenvalue weighted by Gasteiger charge is -2.34. The van der Waals surface area contributed by atoms with E-state index in [1.54, 1.807) is 33.7 Å². The first-order valence-electron chi connectivity index (χ1n) is 12.1. The van der Waals surface area contributed by atoms with E-state index in [4.69, 9.17) is 15.4 Å². The highest BCUT2D eigenvalue weighted by atomic mass is 31.1. The molecular formula is C25H27N5O7P+. The minimum Gasteiger partial charge on any atom is -0.463 e. The molecule has 12 nitrogen and oxygen atoms in total. The molecule has 2 fully saturated rings. The number of rotatable bonds is 9. The number of primary amides is 1. The van der Waals surface area contributed by atoms with E-state index in [0.717, 1.165) is 25.0 Å². The number of nitrogens with zero attached hydrogens (tertiary/aromatic N) is 3. The molecule has 2 aliphatic rings. The number of likely N-dealkylation sites (tertiary alicyclic amines) is 1. The number of nitrogens with one attached hydrogen (secondary N) is 1. The molecule has 1 saturated carbocycles. The summed E-state index contributed by atoms with van der Waals surface area (Å²) < 4.78 is 22.1. The Morgan fingerprint density at radius 1 is 1.24 bits per heavy atom. The van der Waals surface area contributed by atoms with Gasteiger partial charge in [-0.3, -0.25) is 14.4 Å². The number of fused-ring (bicyclic) bond motifs is 3. The van der Waals surface area contributed by atoms with Gasteiger partial charge in [-0.1, -0.05) is 10.6 Å². The summed E-state index contributed by atoms with van der Waals surface area (Å²) in [5, 5.41) is 3.32. The van der Waals surface area contributed by atoms with Crippen molar-refractivity contribution in [2.75, 3.05) is 12.1 Å². The van der Waals surface area contributed by atoms with Crippen LogP contribution in [0, 0.1) is 12.8 Å². The molecule has 5 rings (SSSR count). The molecule has 1 aromatic carbocycles. The van der Waals surface area contributed by atoms with Gasteiger partial charge in [-0.05, 0) is 62.4 Å². The molecule has 1 saturated heterocycles. The average Bonchev–Trinajstić information content (AvgIpc) is 3.57. The molecule has 0 radical (unpaired) electrons. The van der Waals surface area contributed by atoms with Crippen LogP contribution in [-0.2, 0) is 25.2 Å². The van der Waals surface area contributed by atoms with Crippen molar-refractivity contribution in [3.05, 3.63) is 53.9 Å². The monoisotopic (exact) mass is 540 g/mol. The minimum atomic E-state index is -2.81. The molecule has 0 spiro atoms. The van der Waals surface area contributed by atoms with E-state index < -0.39 is 27.0 Å². The van der Waals surface area contributed by atoms with Crippen LogP contribution in [0.2, 0.25) is 0 Å². The van der Waals surface area contributed by atoms with Crippen LogP contribution >= 0.6 is 8.25 Å². The highest BCUT2D eigenvalue weighted by Crippen LogP contribution is 2.43. The summed E-state index contributed by atoms with van der Waals surface area (Å²) in [4.78, 5) is 53.8. The van der Waals surface area contributed by atoms with Gasteiger partial charge in [-0.2, -0.15) is 0 Å². The number of amides is 3. The van der Waals surface area contributed by atoms with Crippen LogP contribution in [0.3, 0.4) is 0 Å². The Labute approximate surface area is 218 Å². The lowest BCUT2D eigenvalue weighted by atomic mass is 9.97. The molecular weight excluding hydrogens is 513 g/mol. The lowest BCUT2D eigenvalue weighted by Crippen LogP contribution is -2.51. The van der Waals surface area contributed by atoms with E-state index in [1.807, 2.05) is 19.1 Å². The zero-order valence-corrected chi connectivity index (χ0v) is 21.5. The van der Waals surface area contributed by atoms with Crippen molar-refractivity contribution in [3.63, 3.8) is 0 Å². The molecule has 38 heavy (non-hydrogen) atoms. The normalized spacial score (nSPS) is 20.5. The second kappa shape index (κ2) is 10.5. The number of benzene rings is 1. The van der Waals surface area contributed by atoms with Crippen LogP contribution in [0.25, 0.3) is 10.9 Å². The Hall–Kier alpha value is -3.86. The third kappa shape index (κ3) is 5.10. The van der Waals surface area contributed by atoms with Crippen LogP contribution in [-0.4, -0.2) is 55.9 Å². The Kier molecular flexibility index (Phi) is 7.11. The molecule has 1 aliphatic heterocycles. The Bertz CT molecular complexity index is 1440. The van der Waals surface area contributed by atoms with Gasteiger partial charge < -0.3 is 25.3 Å².